The number of allylic oxidation sites excluding steroid dienone is 1. The van der Waals surface area contributed by atoms with E-state index in [9.17, 15) is 0 Å². The lowest BCUT2D eigenvalue weighted by atomic mass is 9.96. The van der Waals surface area contributed by atoms with Gasteiger partial charge in [0.2, 0.25) is 0 Å². The minimum Gasteiger partial charge on any atom is -0.497 e. The summed E-state index contributed by atoms with van der Waals surface area (Å²) in [5.41, 5.74) is 3.74. The molecule has 1 atom stereocenters. The highest BCUT2D eigenvalue weighted by atomic mass is 16.5. The van der Waals surface area contributed by atoms with Crippen molar-refractivity contribution in [3.8, 4) is 0 Å². The van der Waals surface area contributed by atoms with Crippen molar-refractivity contribution in [2.24, 2.45) is 0 Å². The Balaban J connectivity index is 2.34. The maximum Gasteiger partial charge on any atom is 0.144 e. The van der Waals surface area contributed by atoms with E-state index in [0.717, 1.165) is 5.76 Å². The number of aryl methyl sites for hydroxylation is 1. The van der Waals surface area contributed by atoms with Crippen LogP contribution in [0.1, 0.15) is 24.1 Å². The van der Waals surface area contributed by atoms with Gasteiger partial charge < -0.3 is 4.74 Å². The highest BCUT2D eigenvalue weighted by Crippen LogP contribution is 2.43. The maximum atomic E-state index is 5.49. The normalized spacial score (nSPS) is 19.6. The number of hydrogen-bond acceptors (Lipinski definition) is 3. The SMILES string of the molecule is COC1=C(C)N(N(C)C)C1c1ccc(C)cc1. The van der Waals surface area contributed by atoms with Gasteiger partial charge in [0, 0.05) is 14.1 Å². The quantitative estimate of drug-likeness (QED) is 0.797. The summed E-state index contributed by atoms with van der Waals surface area (Å²) in [6, 6.07) is 8.84. The van der Waals surface area contributed by atoms with Crippen molar-refractivity contribution in [2.45, 2.75) is 19.9 Å². The molecular formula is C14H20N2O. The number of hydrogen-bond donors (Lipinski definition) is 0. The summed E-state index contributed by atoms with van der Waals surface area (Å²) in [7, 11) is 5.85. The van der Waals surface area contributed by atoms with Gasteiger partial charge in [-0.15, -0.1) is 0 Å². The molecule has 1 heterocycles. The Morgan fingerprint density at radius 3 is 2.18 bits per heavy atom. The summed E-state index contributed by atoms with van der Waals surface area (Å²) >= 11 is 0. The molecule has 1 aliphatic rings. The van der Waals surface area contributed by atoms with Crippen molar-refractivity contribution in [3.63, 3.8) is 0 Å². The number of ether oxygens (including phenoxy) is 1. The summed E-state index contributed by atoms with van der Waals surface area (Å²) in [5, 5.41) is 4.34. The molecule has 92 valence electrons. The molecule has 0 aliphatic carbocycles. The zero-order valence-electron chi connectivity index (χ0n) is 11.2. The van der Waals surface area contributed by atoms with Crippen molar-refractivity contribution in [1.29, 1.82) is 0 Å². The van der Waals surface area contributed by atoms with Crippen LogP contribution in [0, 0.1) is 6.92 Å². The molecule has 2 rings (SSSR count). The maximum absolute atomic E-state index is 5.49. The van der Waals surface area contributed by atoms with Gasteiger partial charge in [-0.25, -0.2) is 5.01 Å². The number of rotatable bonds is 3. The van der Waals surface area contributed by atoms with Crippen LogP contribution < -0.4 is 0 Å². The Bertz CT molecular complexity index is 434. The van der Waals surface area contributed by atoms with Crippen molar-refractivity contribution >= 4 is 0 Å². The van der Waals surface area contributed by atoms with Crippen molar-refractivity contribution < 1.29 is 4.74 Å². The summed E-state index contributed by atoms with van der Waals surface area (Å²) < 4.78 is 5.49. The fraction of sp³-hybridized carbons (Fsp3) is 0.429. The second-order valence-corrected chi connectivity index (χ2v) is 4.66. The number of hydrazine groups is 1. The lowest BCUT2D eigenvalue weighted by molar-refractivity contribution is -0.0365. The minimum atomic E-state index is 0.218. The van der Waals surface area contributed by atoms with Crippen molar-refractivity contribution in [1.82, 2.24) is 10.0 Å². The molecule has 3 nitrogen and oxygen atoms in total. The van der Waals surface area contributed by atoms with Gasteiger partial charge in [0.15, 0.2) is 0 Å². The van der Waals surface area contributed by atoms with Gasteiger partial charge >= 0.3 is 0 Å². The Morgan fingerprint density at radius 1 is 1.12 bits per heavy atom. The summed E-state index contributed by atoms with van der Waals surface area (Å²) in [6.45, 7) is 4.19. The van der Waals surface area contributed by atoms with Crippen LogP contribution in [0.4, 0.5) is 0 Å². The minimum absolute atomic E-state index is 0.218. The highest BCUT2D eigenvalue weighted by Gasteiger charge is 2.39. The summed E-state index contributed by atoms with van der Waals surface area (Å²) in [6.07, 6.45) is 0. The molecular weight excluding hydrogens is 212 g/mol. The van der Waals surface area contributed by atoms with E-state index in [2.05, 4.69) is 62.2 Å². The third-order valence-electron chi connectivity index (χ3n) is 3.24. The highest BCUT2D eigenvalue weighted by molar-refractivity contribution is 5.36. The smallest absolute Gasteiger partial charge is 0.144 e. The van der Waals surface area contributed by atoms with Crippen LogP contribution in [0.25, 0.3) is 0 Å². The lowest BCUT2D eigenvalue weighted by Gasteiger charge is -2.47. The molecule has 0 saturated heterocycles. The first-order chi connectivity index (χ1) is 8.06. The van der Waals surface area contributed by atoms with Gasteiger partial charge in [-0.05, 0) is 19.4 Å². The van der Waals surface area contributed by atoms with E-state index in [4.69, 9.17) is 4.74 Å². The van der Waals surface area contributed by atoms with Crippen molar-refractivity contribution in [3.05, 3.63) is 46.8 Å². The van der Waals surface area contributed by atoms with E-state index in [-0.39, 0.29) is 6.04 Å². The van der Waals surface area contributed by atoms with Gasteiger partial charge in [0.1, 0.15) is 11.8 Å². The zero-order chi connectivity index (χ0) is 12.6. The predicted molar refractivity (Wildman–Crippen MR) is 69.2 cm³/mol. The Morgan fingerprint density at radius 2 is 1.71 bits per heavy atom. The van der Waals surface area contributed by atoms with Gasteiger partial charge in [-0.2, -0.15) is 0 Å². The third kappa shape index (κ3) is 1.91. The predicted octanol–water partition coefficient (Wildman–Crippen LogP) is 2.71. The molecule has 0 bridgehead atoms. The molecule has 0 aromatic heterocycles. The Kier molecular flexibility index (Phi) is 3.11. The molecule has 1 aliphatic heterocycles. The first-order valence-corrected chi connectivity index (χ1v) is 5.84. The van der Waals surface area contributed by atoms with Crippen LogP contribution in [0.15, 0.2) is 35.7 Å². The van der Waals surface area contributed by atoms with Gasteiger partial charge in [-0.1, -0.05) is 29.8 Å². The first-order valence-electron chi connectivity index (χ1n) is 5.84. The van der Waals surface area contributed by atoms with E-state index in [1.54, 1.807) is 7.11 Å². The topological polar surface area (TPSA) is 15.7 Å². The van der Waals surface area contributed by atoms with Gasteiger partial charge in [-0.3, -0.25) is 5.01 Å². The van der Waals surface area contributed by atoms with Gasteiger partial charge in [0.05, 0.1) is 12.8 Å². The monoisotopic (exact) mass is 232 g/mol. The second kappa shape index (κ2) is 4.41. The zero-order valence-corrected chi connectivity index (χ0v) is 11.2. The number of nitrogens with zero attached hydrogens (tertiary/aromatic N) is 2. The molecule has 1 aromatic carbocycles. The number of methoxy groups -OCH3 is 1. The van der Waals surface area contributed by atoms with Gasteiger partial charge in [0.25, 0.3) is 0 Å². The Hall–Kier alpha value is -1.48. The molecule has 0 fully saturated rings. The molecule has 1 unspecified atom stereocenters. The molecule has 3 heteroatoms. The molecule has 0 spiro atoms. The summed E-state index contributed by atoms with van der Waals surface area (Å²) in [4.78, 5) is 0. The second-order valence-electron chi connectivity index (χ2n) is 4.66. The molecule has 0 amide bonds. The van der Waals surface area contributed by atoms with E-state index in [1.807, 2.05) is 0 Å². The molecule has 0 saturated carbocycles. The standard InChI is InChI=1S/C14H20N2O/c1-10-6-8-12(9-7-10)13-14(17-5)11(2)16(13)15(3)4/h6-9,13H,1-5H3. The molecule has 17 heavy (non-hydrogen) atoms. The fourth-order valence-corrected chi connectivity index (χ4v) is 2.38. The van der Waals surface area contributed by atoms with E-state index in [1.165, 1.54) is 16.8 Å². The number of benzene rings is 1. The van der Waals surface area contributed by atoms with Crippen LogP contribution in [-0.2, 0) is 4.74 Å². The molecule has 1 aromatic rings. The fourth-order valence-electron chi connectivity index (χ4n) is 2.38. The largest absolute Gasteiger partial charge is 0.497 e. The summed E-state index contributed by atoms with van der Waals surface area (Å²) in [5.74, 6) is 1.06. The molecule has 0 radical (unpaired) electrons. The average Bonchev–Trinajstić information content (AvgIpc) is 2.27. The van der Waals surface area contributed by atoms with E-state index in [0.29, 0.717) is 0 Å². The molecule has 0 N–H and O–H groups in total. The lowest BCUT2D eigenvalue weighted by Crippen LogP contribution is -2.47. The average molecular weight is 232 g/mol. The van der Waals surface area contributed by atoms with Crippen LogP contribution in [-0.4, -0.2) is 31.2 Å². The Labute approximate surface area is 103 Å². The van der Waals surface area contributed by atoms with E-state index < -0.39 is 0 Å². The van der Waals surface area contributed by atoms with E-state index >= 15 is 0 Å². The van der Waals surface area contributed by atoms with Crippen LogP contribution in [0.2, 0.25) is 0 Å². The third-order valence-corrected chi connectivity index (χ3v) is 3.24. The van der Waals surface area contributed by atoms with Crippen LogP contribution in [0.3, 0.4) is 0 Å². The first kappa shape index (κ1) is 12.0. The van der Waals surface area contributed by atoms with Crippen LogP contribution in [0.5, 0.6) is 0 Å². The van der Waals surface area contributed by atoms with Crippen LogP contribution >= 0.6 is 0 Å². The van der Waals surface area contributed by atoms with Crippen molar-refractivity contribution in [2.75, 3.05) is 21.2 Å².